The molecule has 14 heavy (non-hydrogen) atoms. The predicted molar refractivity (Wildman–Crippen MR) is 60.1 cm³/mol. The number of hydrogen-bond acceptors (Lipinski definition) is 3. The summed E-state index contributed by atoms with van der Waals surface area (Å²) < 4.78 is 0. The molecule has 2 nitrogen and oxygen atoms in total. The van der Waals surface area contributed by atoms with Crippen LogP contribution in [0.1, 0.15) is 38.9 Å². The summed E-state index contributed by atoms with van der Waals surface area (Å²) in [6.07, 6.45) is 1.27. The van der Waals surface area contributed by atoms with Crippen molar-refractivity contribution < 1.29 is 0 Å². The first-order valence-corrected chi connectivity index (χ1v) is 6.08. The Morgan fingerprint density at radius 3 is 2.71 bits per heavy atom. The third-order valence-corrected chi connectivity index (χ3v) is 3.81. The van der Waals surface area contributed by atoms with E-state index >= 15 is 0 Å². The predicted octanol–water partition coefficient (Wildman–Crippen LogP) is 2.83. The molecule has 0 aromatic carbocycles. The molecule has 1 aromatic heterocycles. The Bertz CT molecular complexity index is 300. The molecule has 1 aliphatic rings. The average Bonchev–Trinajstić information content (AvgIpc) is 2.72. The second-order valence-electron chi connectivity index (χ2n) is 5.31. The van der Waals surface area contributed by atoms with Crippen molar-refractivity contribution in [2.45, 2.75) is 33.2 Å². The summed E-state index contributed by atoms with van der Waals surface area (Å²) >= 11 is 1.63. The van der Waals surface area contributed by atoms with E-state index < -0.39 is 0 Å². The molecule has 1 aliphatic carbocycles. The molecule has 0 bridgehead atoms. The second-order valence-corrected chi connectivity index (χ2v) is 6.03. The summed E-state index contributed by atoms with van der Waals surface area (Å²) in [5, 5.41) is 2.07. The van der Waals surface area contributed by atoms with Crippen LogP contribution in [0.5, 0.6) is 0 Å². The first-order valence-electron chi connectivity index (χ1n) is 5.14. The van der Waals surface area contributed by atoms with E-state index in [1.807, 2.05) is 5.51 Å². The highest BCUT2D eigenvalue weighted by atomic mass is 32.1. The molecule has 1 heterocycles. The molecule has 2 rings (SSSR count). The van der Waals surface area contributed by atoms with Crippen LogP contribution < -0.4 is 5.73 Å². The van der Waals surface area contributed by atoms with Gasteiger partial charge in [0.1, 0.15) is 0 Å². The van der Waals surface area contributed by atoms with Crippen LogP contribution >= 0.6 is 11.3 Å². The van der Waals surface area contributed by atoms with Gasteiger partial charge in [0.15, 0.2) is 0 Å². The highest BCUT2D eigenvalue weighted by Crippen LogP contribution is 2.55. The van der Waals surface area contributed by atoms with Gasteiger partial charge in [-0.3, -0.25) is 0 Å². The molecular weight excluding hydrogens is 192 g/mol. The molecule has 0 aliphatic heterocycles. The monoisotopic (exact) mass is 210 g/mol. The van der Waals surface area contributed by atoms with Gasteiger partial charge in [0.05, 0.1) is 17.2 Å². The van der Waals surface area contributed by atoms with E-state index in [0.717, 1.165) is 11.6 Å². The van der Waals surface area contributed by atoms with E-state index in [4.69, 9.17) is 5.73 Å². The highest BCUT2D eigenvalue weighted by Gasteiger charge is 2.48. The van der Waals surface area contributed by atoms with Crippen molar-refractivity contribution in [3.05, 3.63) is 16.6 Å². The number of nitrogens with zero attached hydrogens (tertiary/aromatic N) is 1. The van der Waals surface area contributed by atoms with Gasteiger partial charge >= 0.3 is 0 Å². The quantitative estimate of drug-likeness (QED) is 0.815. The molecule has 0 saturated heterocycles. The lowest BCUT2D eigenvalue weighted by atomic mass is 9.87. The summed E-state index contributed by atoms with van der Waals surface area (Å²) in [6.45, 7) is 6.89. The van der Waals surface area contributed by atoms with Crippen LogP contribution in [0.4, 0.5) is 0 Å². The van der Waals surface area contributed by atoms with Crippen LogP contribution in [0.3, 0.4) is 0 Å². The lowest BCUT2D eigenvalue weighted by Gasteiger charge is -2.19. The molecule has 0 amide bonds. The van der Waals surface area contributed by atoms with Crippen molar-refractivity contribution in [2.75, 3.05) is 0 Å². The molecule has 0 radical (unpaired) electrons. The van der Waals surface area contributed by atoms with Gasteiger partial charge in [0, 0.05) is 5.38 Å². The molecule has 78 valence electrons. The molecule has 2 N–H and O–H groups in total. The smallest absolute Gasteiger partial charge is 0.0795 e. The molecule has 3 atom stereocenters. The topological polar surface area (TPSA) is 38.9 Å². The van der Waals surface area contributed by atoms with Crippen LogP contribution in [-0.2, 0) is 0 Å². The molecule has 3 heteroatoms. The zero-order valence-corrected chi connectivity index (χ0v) is 9.84. The Labute approximate surface area is 89.5 Å². The van der Waals surface area contributed by atoms with E-state index in [9.17, 15) is 0 Å². The normalized spacial score (nSPS) is 28.9. The van der Waals surface area contributed by atoms with Gasteiger partial charge < -0.3 is 5.73 Å². The van der Waals surface area contributed by atoms with Crippen LogP contribution in [0.25, 0.3) is 0 Å². The third-order valence-electron chi connectivity index (χ3n) is 3.21. The Balaban J connectivity index is 2.00. The Kier molecular flexibility index (Phi) is 2.40. The second kappa shape index (κ2) is 3.31. The van der Waals surface area contributed by atoms with Gasteiger partial charge in [0.2, 0.25) is 0 Å². The number of thiazole rings is 1. The number of nitrogens with two attached hydrogens (primary N) is 1. The van der Waals surface area contributed by atoms with E-state index in [1.54, 1.807) is 11.3 Å². The van der Waals surface area contributed by atoms with Crippen molar-refractivity contribution >= 4 is 11.3 Å². The summed E-state index contributed by atoms with van der Waals surface area (Å²) in [6, 6.07) is 0.158. The van der Waals surface area contributed by atoms with E-state index in [0.29, 0.717) is 11.3 Å². The summed E-state index contributed by atoms with van der Waals surface area (Å²) in [5.74, 6) is 1.43. The summed E-state index contributed by atoms with van der Waals surface area (Å²) in [5.41, 5.74) is 9.52. The SMILES string of the molecule is CC(C)(C)C1CC1C(N)c1cscn1. The van der Waals surface area contributed by atoms with Crippen LogP contribution in [0, 0.1) is 17.3 Å². The van der Waals surface area contributed by atoms with E-state index in [-0.39, 0.29) is 6.04 Å². The van der Waals surface area contributed by atoms with Crippen molar-refractivity contribution in [3.63, 3.8) is 0 Å². The lowest BCUT2D eigenvalue weighted by Crippen LogP contribution is -2.18. The molecule has 1 saturated carbocycles. The lowest BCUT2D eigenvalue weighted by molar-refractivity contribution is 0.317. The van der Waals surface area contributed by atoms with Crippen molar-refractivity contribution in [3.8, 4) is 0 Å². The van der Waals surface area contributed by atoms with E-state index in [2.05, 4.69) is 31.1 Å². The Morgan fingerprint density at radius 1 is 1.57 bits per heavy atom. The number of rotatable bonds is 2. The molecule has 0 spiro atoms. The Hall–Kier alpha value is -0.410. The molecular formula is C11H18N2S. The van der Waals surface area contributed by atoms with Crippen molar-refractivity contribution in [1.82, 2.24) is 4.98 Å². The third kappa shape index (κ3) is 1.84. The first-order chi connectivity index (χ1) is 6.50. The molecule has 3 unspecified atom stereocenters. The van der Waals surface area contributed by atoms with Crippen molar-refractivity contribution in [1.29, 1.82) is 0 Å². The first kappa shape index (κ1) is 10.1. The number of aromatic nitrogens is 1. The minimum Gasteiger partial charge on any atom is -0.322 e. The van der Waals surface area contributed by atoms with Gasteiger partial charge in [-0.25, -0.2) is 4.98 Å². The maximum Gasteiger partial charge on any atom is 0.0795 e. The van der Waals surface area contributed by atoms with Gasteiger partial charge in [-0.1, -0.05) is 20.8 Å². The maximum atomic E-state index is 6.18. The summed E-state index contributed by atoms with van der Waals surface area (Å²) in [7, 11) is 0. The van der Waals surface area contributed by atoms with E-state index in [1.165, 1.54) is 6.42 Å². The fourth-order valence-corrected chi connectivity index (χ4v) is 2.81. The van der Waals surface area contributed by atoms with Crippen LogP contribution in [0.15, 0.2) is 10.9 Å². The largest absolute Gasteiger partial charge is 0.322 e. The Morgan fingerprint density at radius 2 is 2.29 bits per heavy atom. The van der Waals surface area contributed by atoms with Gasteiger partial charge in [-0.15, -0.1) is 11.3 Å². The fraction of sp³-hybridized carbons (Fsp3) is 0.727. The van der Waals surface area contributed by atoms with Crippen molar-refractivity contribution in [2.24, 2.45) is 23.0 Å². The summed E-state index contributed by atoms with van der Waals surface area (Å²) in [4.78, 5) is 4.29. The zero-order chi connectivity index (χ0) is 10.3. The molecule has 1 fully saturated rings. The van der Waals surface area contributed by atoms with Gasteiger partial charge in [-0.05, 0) is 23.7 Å². The van der Waals surface area contributed by atoms with Gasteiger partial charge in [0.25, 0.3) is 0 Å². The zero-order valence-electron chi connectivity index (χ0n) is 9.03. The maximum absolute atomic E-state index is 6.18. The number of hydrogen-bond donors (Lipinski definition) is 1. The average molecular weight is 210 g/mol. The minimum absolute atomic E-state index is 0.158. The molecule has 1 aromatic rings. The fourth-order valence-electron chi connectivity index (χ4n) is 2.21. The van der Waals surface area contributed by atoms with Crippen LogP contribution in [0.2, 0.25) is 0 Å². The van der Waals surface area contributed by atoms with Gasteiger partial charge in [-0.2, -0.15) is 0 Å². The minimum atomic E-state index is 0.158. The van der Waals surface area contributed by atoms with Crippen LogP contribution in [-0.4, -0.2) is 4.98 Å². The highest BCUT2D eigenvalue weighted by molar-refractivity contribution is 7.07. The standard InChI is InChI=1S/C11H18N2S/c1-11(2,3)8-4-7(8)10(12)9-5-14-6-13-9/h5-8,10H,4,12H2,1-3H3.